The highest BCUT2D eigenvalue weighted by Crippen LogP contribution is 2.28. The van der Waals surface area contributed by atoms with Crippen LogP contribution >= 0.6 is 0 Å². The van der Waals surface area contributed by atoms with Crippen molar-refractivity contribution in [2.45, 2.75) is 32.6 Å². The molecule has 0 atom stereocenters. The van der Waals surface area contributed by atoms with Gasteiger partial charge in [0, 0.05) is 32.1 Å². The largest absolute Gasteiger partial charge is 0.340 e. The van der Waals surface area contributed by atoms with Gasteiger partial charge in [-0.2, -0.15) is 0 Å². The number of hydrogen-bond donors (Lipinski definition) is 0. The van der Waals surface area contributed by atoms with Gasteiger partial charge in [0.25, 0.3) is 0 Å². The third-order valence-corrected chi connectivity index (χ3v) is 3.68. The van der Waals surface area contributed by atoms with Crippen LogP contribution in [0.2, 0.25) is 0 Å². The second-order valence-electron chi connectivity index (χ2n) is 4.79. The first-order valence-corrected chi connectivity index (χ1v) is 6.32. The van der Waals surface area contributed by atoms with Crippen molar-refractivity contribution in [2.24, 2.45) is 5.92 Å². The van der Waals surface area contributed by atoms with E-state index in [1.54, 1.807) is 0 Å². The van der Waals surface area contributed by atoms with E-state index in [0.29, 0.717) is 11.8 Å². The number of carbonyl (C=O) groups excluding carboxylic acids is 1. The molecule has 0 N–H and O–H groups in total. The van der Waals surface area contributed by atoms with Crippen LogP contribution in [0.5, 0.6) is 0 Å². The van der Waals surface area contributed by atoms with Gasteiger partial charge in [0.15, 0.2) is 0 Å². The highest BCUT2D eigenvalue weighted by Gasteiger charge is 2.30. The lowest BCUT2D eigenvalue weighted by Crippen LogP contribution is -2.51. The van der Waals surface area contributed by atoms with E-state index >= 15 is 0 Å². The van der Waals surface area contributed by atoms with Gasteiger partial charge in [-0.1, -0.05) is 13.3 Å². The number of nitrogens with zero attached hydrogens (tertiary/aromatic N) is 2. The molecule has 0 radical (unpaired) electrons. The van der Waals surface area contributed by atoms with E-state index < -0.39 is 0 Å². The van der Waals surface area contributed by atoms with Crippen LogP contribution in [0, 0.1) is 5.92 Å². The van der Waals surface area contributed by atoms with Gasteiger partial charge in [0.2, 0.25) is 5.91 Å². The lowest BCUT2D eigenvalue weighted by atomic mass is 9.84. The molecule has 2 rings (SSSR count). The van der Waals surface area contributed by atoms with Crippen molar-refractivity contribution in [1.82, 2.24) is 9.80 Å². The summed E-state index contributed by atoms with van der Waals surface area (Å²) in [5, 5.41) is 0. The number of hydrogen-bond acceptors (Lipinski definition) is 2. The fourth-order valence-corrected chi connectivity index (χ4v) is 2.42. The minimum absolute atomic E-state index is 0.378. The quantitative estimate of drug-likeness (QED) is 0.702. The Morgan fingerprint density at radius 3 is 2.33 bits per heavy atom. The average Bonchev–Trinajstić information content (AvgIpc) is 2.16. The zero-order chi connectivity index (χ0) is 10.7. The van der Waals surface area contributed by atoms with E-state index in [0.717, 1.165) is 39.0 Å². The predicted molar refractivity (Wildman–Crippen MR) is 60.7 cm³/mol. The fraction of sp³-hybridized carbons (Fsp3) is 0.917. The van der Waals surface area contributed by atoms with Crippen molar-refractivity contribution >= 4 is 5.91 Å². The minimum atomic E-state index is 0.378. The summed E-state index contributed by atoms with van der Waals surface area (Å²) < 4.78 is 0. The Morgan fingerprint density at radius 2 is 1.87 bits per heavy atom. The zero-order valence-corrected chi connectivity index (χ0v) is 9.74. The van der Waals surface area contributed by atoms with Crippen LogP contribution in [0.15, 0.2) is 0 Å². The molecular weight excluding hydrogens is 188 g/mol. The number of amides is 1. The summed E-state index contributed by atoms with van der Waals surface area (Å²) in [4.78, 5) is 16.5. The van der Waals surface area contributed by atoms with Gasteiger partial charge in [0.1, 0.15) is 0 Å². The molecule has 1 aliphatic carbocycles. The lowest BCUT2D eigenvalue weighted by molar-refractivity contribution is -0.139. The Kier molecular flexibility index (Phi) is 3.62. The molecule has 3 nitrogen and oxygen atoms in total. The molecule has 1 saturated heterocycles. The maximum Gasteiger partial charge on any atom is 0.225 e. The monoisotopic (exact) mass is 210 g/mol. The molecule has 3 heteroatoms. The van der Waals surface area contributed by atoms with Crippen molar-refractivity contribution in [3.8, 4) is 0 Å². The van der Waals surface area contributed by atoms with Gasteiger partial charge in [-0.15, -0.1) is 0 Å². The molecule has 15 heavy (non-hydrogen) atoms. The molecule has 0 bridgehead atoms. The van der Waals surface area contributed by atoms with Crippen LogP contribution in [0.4, 0.5) is 0 Å². The Morgan fingerprint density at radius 1 is 1.20 bits per heavy atom. The summed E-state index contributed by atoms with van der Waals surface area (Å²) >= 11 is 0. The molecule has 1 heterocycles. The van der Waals surface area contributed by atoms with Crippen molar-refractivity contribution in [3.05, 3.63) is 0 Å². The average molecular weight is 210 g/mol. The maximum absolute atomic E-state index is 12.0. The summed E-state index contributed by atoms with van der Waals surface area (Å²) in [6.07, 6.45) is 4.74. The summed E-state index contributed by atoms with van der Waals surface area (Å²) in [5.74, 6) is 0.806. The van der Waals surface area contributed by atoms with Crippen LogP contribution < -0.4 is 0 Å². The standard InChI is InChI=1S/C12H22N2O/c1-2-6-13-7-9-14(10-8-13)12(15)11-4-3-5-11/h11H,2-10H2,1H3. The van der Waals surface area contributed by atoms with Crippen molar-refractivity contribution < 1.29 is 4.79 Å². The lowest BCUT2D eigenvalue weighted by Gasteiger charge is -2.38. The summed E-state index contributed by atoms with van der Waals surface area (Å²) in [5.41, 5.74) is 0. The summed E-state index contributed by atoms with van der Waals surface area (Å²) in [6, 6.07) is 0. The summed E-state index contributed by atoms with van der Waals surface area (Å²) in [7, 11) is 0. The van der Waals surface area contributed by atoms with Gasteiger partial charge in [-0.25, -0.2) is 0 Å². The molecule has 0 spiro atoms. The van der Waals surface area contributed by atoms with E-state index in [1.165, 1.54) is 19.4 Å². The molecule has 2 aliphatic rings. The van der Waals surface area contributed by atoms with Gasteiger partial charge >= 0.3 is 0 Å². The van der Waals surface area contributed by atoms with Crippen LogP contribution in [0.25, 0.3) is 0 Å². The Bertz CT molecular complexity index is 218. The van der Waals surface area contributed by atoms with E-state index in [9.17, 15) is 4.79 Å². The first-order valence-electron chi connectivity index (χ1n) is 6.32. The molecular formula is C12H22N2O. The van der Waals surface area contributed by atoms with Crippen LogP contribution in [0.1, 0.15) is 32.6 Å². The van der Waals surface area contributed by atoms with E-state index in [-0.39, 0.29) is 0 Å². The number of piperazine rings is 1. The minimum Gasteiger partial charge on any atom is -0.340 e. The Balaban J connectivity index is 1.74. The normalized spacial score (nSPS) is 23.9. The zero-order valence-electron chi connectivity index (χ0n) is 9.74. The molecule has 0 aromatic heterocycles. The molecule has 2 fully saturated rings. The van der Waals surface area contributed by atoms with Crippen LogP contribution in [-0.4, -0.2) is 48.4 Å². The molecule has 1 saturated carbocycles. The van der Waals surface area contributed by atoms with Crippen LogP contribution in [0.3, 0.4) is 0 Å². The number of carbonyl (C=O) groups is 1. The topological polar surface area (TPSA) is 23.6 Å². The highest BCUT2D eigenvalue weighted by molar-refractivity contribution is 5.79. The maximum atomic E-state index is 12.0. The molecule has 1 amide bonds. The molecule has 86 valence electrons. The van der Waals surface area contributed by atoms with Crippen molar-refractivity contribution in [2.75, 3.05) is 32.7 Å². The smallest absolute Gasteiger partial charge is 0.225 e. The van der Waals surface area contributed by atoms with Gasteiger partial charge < -0.3 is 4.90 Å². The third-order valence-electron chi connectivity index (χ3n) is 3.68. The van der Waals surface area contributed by atoms with Gasteiger partial charge in [-0.05, 0) is 25.8 Å². The van der Waals surface area contributed by atoms with Crippen molar-refractivity contribution in [3.63, 3.8) is 0 Å². The SMILES string of the molecule is CCCN1CCN(C(=O)C2CCC2)CC1. The second kappa shape index (κ2) is 4.97. The Hall–Kier alpha value is -0.570. The first kappa shape index (κ1) is 10.9. The number of rotatable bonds is 3. The van der Waals surface area contributed by atoms with E-state index in [4.69, 9.17) is 0 Å². The highest BCUT2D eigenvalue weighted by atomic mass is 16.2. The second-order valence-corrected chi connectivity index (χ2v) is 4.79. The van der Waals surface area contributed by atoms with Gasteiger partial charge in [-0.3, -0.25) is 9.69 Å². The molecule has 1 aliphatic heterocycles. The fourth-order valence-electron chi connectivity index (χ4n) is 2.42. The molecule has 0 aromatic rings. The predicted octanol–water partition coefficient (Wildman–Crippen LogP) is 1.34. The van der Waals surface area contributed by atoms with Crippen molar-refractivity contribution in [1.29, 1.82) is 0 Å². The summed E-state index contributed by atoms with van der Waals surface area (Å²) in [6.45, 7) is 7.46. The Labute approximate surface area is 92.4 Å². The third kappa shape index (κ3) is 2.51. The molecule has 0 aromatic carbocycles. The van der Waals surface area contributed by atoms with Gasteiger partial charge in [0.05, 0.1) is 0 Å². The van der Waals surface area contributed by atoms with E-state index in [1.807, 2.05) is 0 Å². The van der Waals surface area contributed by atoms with Crippen LogP contribution in [-0.2, 0) is 4.79 Å². The molecule has 0 unspecified atom stereocenters. The van der Waals surface area contributed by atoms with E-state index in [2.05, 4.69) is 16.7 Å². The first-order chi connectivity index (χ1) is 7.31.